The number of hydrogen-bond acceptors (Lipinski definition) is 3. The van der Waals surface area contributed by atoms with E-state index >= 15 is 4.57 Å². The van der Waals surface area contributed by atoms with Gasteiger partial charge in [0.2, 0.25) is 0 Å². The van der Waals surface area contributed by atoms with Crippen molar-refractivity contribution in [2.45, 2.75) is 0 Å². The van der Waals surface area contributed by atoms with Crippen LogP contribution in [0.25, 0.3) is 0 Å². The molecule has 4 nitrogen and oxygen atoms in total. The summed E-state index contributed by atoms with van der Waals surface area (Å²) in [4.78, 5) is 0. The second kappa shape index (κ2) is 14.1. The lowest BCUT2D eigenvalue weighted by Gasteiger charge is -2.32. The number of hydrogen-bond donors (Lipinski definition) is 0. The fourth-order valence-electron chi connectivity index (χ4n) is 5.00. The number of benzene rings is 6. The van der Waals surface area contributed by atoms with Crippen molar-refractivity contribution in [1.29, 1.82) is 0 Å². The van der Waals surface area contributed by atoms with Crippen molar-refractivity contribution >= 4 is 43.9 Å². The molecule has 0 amide bonds. The van der Waals surface area contributed by atoms with Gasteiger partial charge in [0.1, 0.15) is 11.5 Å². The summed E-state index contributed by atoms with van der Waals surface area (Å²) in [6.45, 7) is 0. The Labute approximate surface area is 260 Å². The fourth-order valence-corrected chi connectivity index (χ4v) is 16.4. The Balaban J connectivity index is 1.64. The van der Waals surface area contributed by atoms with Crippen molar-refractivity contribution in [3.8, 4) is 11.5 Å². The van der Waals surface area contributed by atoms with Gasteiger partial charge < -0.3 is 9.05 Å². The molecule has 7 heteroatoms. The van der Waals surface area contributed by atoms with Crippen LogP contribution in [0.5, 0.6) is 11.5 Å². The van der Waals surface area contributed by atoms with Gasteiger partial charge >= 0.3 is 7.75 Å². The molecule has 6 aromatic rings. The van der Waals surface area contributed by atoms with Crippen LogP contribution in [-0.4, -0.2) is 5.90 Å². The SMILES string of the molecule is O=P(N=P(CP(c1ccccc1)c1ccccc1)(c1ccccc1)c1ccccc1)(Oc1ccccc1)Oc1ccccc1. The van der Waals surface area contributed by atoms with Gasteiger partial charge in [0, 0.05) is 13.0 Å². The third-order valence-electron chi connectivity index (χ3n) is 7.04. The largest absolute Gasteiger partial charge is 0.562 e. The summed E-state index contributed by atoms with van der Waals surface area (Å²) in [6.07, 6.45) is 0. The smallest absolute Gasteiger partial charge is 0.399 e. The molecule has 0 spiro atoms. The predicted molar refractivity (Wildman–Crippen MR) is 187 cm³/mol. The lowest BCUT2D eigenvalue weighted by Crippen LogP contribution is -2.23. The highest BCUT2D eigenvalue weighted by Gasteiger charge is 2.38. The van der Waals surface area contributed by atoms with E-state index in [1.54, 1.807) is 24.3 Å². The van der Waals surface area contributed by atoms with Crippen LogP contribution in [0.2, 0.25) is 0 Å². The first kappa shape index (κ1) is 29.9. The van der Waals surface area contributed by atoms with E-state index in [9.17, 15) is 0 Å². The maximum atomic E-state index is 15.2. The maximum Gasteiger partial charge on any atom is 0.562 e. The topological polar surface area (TPSA) is 47.9 Å². The molecular weight excluding hydrogens is 599 g/mol. The van der Waals surface area contributed by atoms with Crippen molar-refractivity contribution in [2.75, 3.05) is 5.90 Å². The third kappa shape index (κ3) is 7.12. The quantitative estimate of drug-likeness (QED) is 0.134. The standard InChI is InChI=1S/C37H32NO3P3/c39-44(40-32-19-7-1-8-20-32,41-33-21-9-2-10-22-33)38-43(36-27-15-5-16-28-36,37-29-17-6-18-30-37)31-42(34-23-11-3-12-24-34)35-25-13-4-14-26-35/h1-30H,31H2. The van der Waals surface area contributed by atoms with Crippen molar-refractivity contribution in [3.63, 3.8) is 0 Å². The van der Waals surface area contributed by atoms with Crippen LogP contribution in [0.4, 0.5) is 0 Å². The highest BCUT2D eigenvalue weighted by atomic mass is 31.2. The second-order valence-electron chi connectivity index (χ2n) is 10.0. The summed E-state index contributed by atoms with van der Waals surface area (Å²) in [5, 5.41) is 4.48. The van der Waals surface area contributed by atoms with E-state index in [-0.39, 0.29) is 0 Å². The average molecular weight is 632 g/mol. The molecule has 0 saturated carbocycles. The number of para-hydroxylation sites is 2. The molecule has 44 heavy (non-hydrogen) atoms. The predicted octanol–water partition coefficient (Wildman–Crippen LogP) is 9.20. The molecule has 0 radical (unpaired) electrons. The Morgan fingerprint density at radius 2 is 0.773 bits per heavy atom. The molecule has 6 rings (SSSR count). The van der Waals surface area contributed by atoms with Crippen LogP contribution in [0.15, 0.2) is 187 Å². The van der Waals surface area contributed by atoms with E-state index < -0.39 is 22.7 Å². The summed E-state index contributed by atoms with van der Waals surface area (Å²) >= 11 is 0. The van der Waals surface area contributed by atoms with Crippen molar-refractivity contribution in [1.82, 2.24) is 0 Å². The van der Waals surface area contributed by atoms with Crippen LogP contribution in [0.3, 0.4) is 0 Å². The number of nitrogens with zero attached hydrogens (tertiary/aromatic N) is 1. The molecule has 0 unspecified atom stereocenters. The second-order valence-corrected chi connectivity index (χ2v) is 17.7. The van der Waals surface area contributed by atoms with E-state index in [1.807, 2.05) is 84.9 Å². The zero-order chi connectivity index (χ0) is 30.1. The minimum Gasteiger partial charge on any atom is -0.399 e. The Hall–Kier alpha value is -4.19. The van der Waals surface area contributed by atoms with Crippen LogP contribution < -0.4 is 30.3 Å². The van der Waals surface area contributed by atoms with Gasteiger partial charge in [-0.2, -0.15) is 4.52 Å². The zero-order valence-electron chi connectivity index (χ0n) is 24.0. The molecule has 0 atom stereocenters. The van der Waals surface area contributed by atoms with Gasteiger partial charge in [-0.25, -0.2) is 4.57 Å². The molecule has 0 aliphatic carbocycles. The molecule has 0 fully saturated rings. The summed E-state index contributed by atoms with van der Waals surface area (Å²) < 4.78 is 33.2. The highest BCUT2D eigenvalue weighted by molar-refractivity contribution is 7.94. The van der Waals surface area contributed by atoms with Crippen LogP contribution in [-0.2, 0) is 4.57 Å². The Kier molecular flexibility index (Phi) is 9.55. The van der Waals surface area contributed by atoms with Crippen LogP contribution >= 0.6 is 22.7 Å². The van der Waals surface area contributed by atoms with Gasteiger partial charge in [0.25, 0.3) is 0 Å². The van der Waals surface area contributed by atoms with E-state index in [4.69, 9.17) is 13.6 Å². The Bertz CT molecular complexity index is 1730. The molecule has 0 saturated heterocycles. The molecule has 0 aliphatic heterocycles. The highest BCUT2D eigenvalue weighted by Crippen LogP contribution is 2.65. The summed E-state index contributed by atoms with van der Waals surface area (Å²) in [5.74, 6) is 1.51. The van der Waals surface area contributed by atoms with E-state index in [2.05, 4.69) is 72.8 Å². The van der Waals surface area contributed by atoms with Gasteiger partial charge in [-0.15, -0.1) is 0 Å². The van der Waals surface area contributed by atoms with Crippen molar-refractivity contribution < 1.29 is 13.6 Å². The van der Waals surface area contributed by atoms with Gasteiger partial charge in [0.05, 0.1) is 0 Å². The molecular formula is C37H32NO3P3. The molecule has 0 aromatic heterocycles. The van der Waals surface area contributed by atoms with E-state index in [0.717, 1.165) is 10.6 Å². The Morgan fingerprint density at radius 3 is 1.14 bits per heavy atom. The minimum atomic E-state index is -4.17. The van der Waals surface area contributed by atoms with Gasteiger partial charge in [-0.3, -0.25) is 0 Å². The molecule has 6 aromatic carbocycles. The van der Waals surface area contributed by atoms with Crippen LogP contribution in [0, 0.1) is 0 Å². The summed E-state index contributed by atoms with van der Waals surface area (Å²) in [7, 11) is -7.95. The van der Waals surface area contributed by atoms with Crippen molar-refractivity contribution in [3.05, 3.63) is 182 Å². The molecule has 0 heterocycles. The lowest BCUT2D eigenvalue weighted by atomic mass is 10.3. The van der Waals surface area contributed by atoms with E-state index in [0.29, 0.717) is 17.4 Å². The van der Waals surface area contributed by atoms with Gasteiger partial charge in [-0.05, 0) is 53.4 Å². The molecule has 0 N–H and O–H groups in total. The number of rotatable bonds is 11. The average Bonchev–Trinajstić information content (AvgIpc) is 3.09. The third-order valence-corrected chi connectivity index (χ3v) is 16.9. The fraction of sp³-hybridized carbons (Fsp3) is 0.0270. The summed E-state index contributed by atoms with van der Waals surface area (Å²) in [5.41, 5.74) is 0. The first-order chi connectivity index (χ1) is 21.6. The van der Waals surface area contributed by atoms with Crippen LogP contribution in [0.1, 0.15) is 0 Å². The summed E-state index contributed by atoms with van der Waals surface area (Å²) in [6, 6.07) is 60.0. The first-order valence-electron chi connectivity index (χ1n) is 14.3. The molecule has 0 aliphatic rings. The van der Waals surface area contributed by atoms with Crippen molar-refractivity contribution in [2.24, 2.45) is 4.52 Å². The Morgan fingerprint density at radius 1 is 0.455 bits per heavy atom. The lowest BCUT2D eigenvalue weighted by molar-refractivity contribution is 0.388. The molecule has 218 valence electrons. The minimum absolute atomic E-state index is 0.433. The maximum absolute atomic E-state index is 15.2. The first-order valence-corrected chi connectivity index (χ1v) is 19.3. The zero-order valence-corrected chi connectivity index (χ0v) is 26.7. The normalized spacial score (nSPS) is 11.6. The van der Waals surface area contributed by atoms with E-state index in [1.165, 1.54) is 10.6 Å². The van der Waals surface area contributed by atoms with Gasteiger partial charge in [-0.1, -0.05) is 158 Å². The monoisotopic (exact) mass is 631 g/mol. The molecule has 0 bridgehead atoms. The van der Waals surface area contributed by atoms with Gasteiger partial charge in [0.15, 0.2) is 0 Å².